The van der Waals surface area contributed by atoms with Gasteiger partial charge in [0.25, 0.3) is 0 Å². The Morgan fingerprint density at radius 3 is 2.50 bits per heavy atom. The number of rotatable bonds is 1. The molecule has 2 nitrogen and oxygen atoms in total. The van der Waals surface area contributed by atoms with Gasteiger partial charge in [-0.3, -0.25) is 0 Å². The summed E-state index contributed by atoms with van der Waals surface area (Å²) in [5, 5.41) is 0. The maximum absolute atomic E-state index is 4.87. The zero-order chi connectivity index (χ0) is 3.98. The van der Waals surface area contributed by atoms with E-state index in [2.05, 4.69) is 0 Å². The predicted molar refractivity (Wildman–Crippen MR) is 18.9 cm³/mol. The summed E-state index contributed by atoms with van der Waals surface area (Å²) in [6.45, 7) is 1.75. The van der Waals surface area contributed by atoms with Crippen molar-refractivity contribution >= 4 is 0 Å². The fourth-order valence-electron chi connectivity index (χ4n) is 0.462. The average Bonchev–Trinajstić information content (AvgIpc) is 2.26. The molecule has 0 aromatic rings. The summed E-state index contributed by atoms with van der Waals surface area (Å²) in [4.78, 5) is 0. The first kappa shape index (κ1) is 2.99. The molecule has 33 valence electrons. The molecule has 2 heteroatoms. The van der Waals surface area contributed by atoms with Gasteiger partial charge in [0.15, 0.2) is 6.10 Å². The zero-order valence-electron chi connectivity index (χ0n) is 3.31. The van der Waals surface area contributed by atoms with Gasteiger partial charge < -0.3 is 9.47 Å². The summed E-state index contributed by atoms with van der Waals surface area (Å²) >= 11 is 0. The molecule has 0 saturated carbocycles. The van der Waals surface area contributed by atoms with Crippen molar-refractivity contribution in [2.45, 2.75) is 6.10 Å². The van der Waals surface area contributed by atoms with Gasteiger partial charge in [-0.15, -0.1) is 0 Å². The first-order chi connectivity index (χ1) is 2.97. The van der Waals surface area contributed by atoms with E-state index in [0.717, 1.165) is 19.3 Å². The van der Waals surface area contributed by atoms with E-state index in [1.165, 1.54) is 0 Å². The van der Waals surface area contributed by atoms with Crippen LogP contribution >= 0.6 is 0 Å². The van der Waals surface area contributed by atoms with Crippen LogP contribution in [0.3, 0.4) is 0 Å². The molecule has 2 fully saturated rings. The lowest BCUT2D eigenvalue weighted by Gasteiger charge is -1.68. The summed E-state index contributed by atoms with van der Waals surface area (Å²) in [5.74, 6) is 0. The average molecular weight is 85.1 g/mol. The fraction of sp³-hybridized carbons (Fsp3) is 0.750. The Morgan fingerprint density at radius 1 is 1.67 bits per heavy atom. The fourth-order valence-corrected chi connectivity index (χ4v) is 0.462. The lowest BCUT2D eigenvalue weighted by atomic mass is 10.4. The molecule has 0 aromatic heterocycles. The van der Waals surface area contributed by atoms with Gasteiger partial charge >= 0.3 is 0 Å². The summed E-state index contributed by atoms with van der Waals surface area (Å²) in [5.41, 5.74) is 0. The Kier molecular flexibility index (Phi) is 0.383. The minimum absolute atomic E-state index is 0.407. The molecule has 2 aliphatic rings. The van der Waals surface area contributed by atoms with Crippen LogP contribution < -0.4 is 0 Å². The smallest absolute Gasteiger partial charge is 0.153 e. The van der Waals surface area contributed by atoms with E-state index in [1.807, 2.05) is 0 Å². The Hall–Kier alpha value is -0.0800. The molecular formula is C4H5O2. The van der Waals surface area contributed by atoms with Crippen LogP contribution in [-0.4, -0.2) is 19.3 Å². The van der Waals surface area contributed by atoms with Crippen molar-refractivity contribution in [3.05, 3.63) is 6.10 Å². The largest absolute Gasteiger partial charge is 0.370 e. The van der Waals surface area contributed by atoms with Crippen molar-refractivity contribution < 1.29 is 9.47 Å². The molecule has 2 heterocycles. The molecule has 0 amide bonds. The van der Waals surface area contributed by atoms with Gasteiger partial charge in [-0.2, -0.15) is 0 Å². The van der Waals surface area contributed by atoms with Gasteiger partial charge in [-0.1, -0.05) is 0 Å². The van der Waals surface area contributed by atoms with E-state index in [0.29, 0.717) is 6.10 Å². The third-order valence-corrected chi connectivity index (χ3v) is 1.00. The molecule has 0 spiro atoms. The SMILES string of the molecule is C1O[C]1C1CO1. The molecule has 0 aliphatic carbocycles. The highest BCUT2D eigenvalue weighted by molar-refractivity contribution is 5.04. The number of epoxide rings is 2. The first-order valence-electron chi connectivity index (χ1n) is 2.07. The van der Waals surface area contributed by atoms with Gasteiger partial charge in [-0.05, 0) is 0 Å². The van der Waals surface area contributed by atoms with E-state index in [9.17, 15) is 0 Å². The minimum Gasteiger partial charge on any atom is -0.370 e. The van der Waals surface area contributed by atoms with E-state index < -0.39 is 0 Å². The highest BCUT2D eigenvalue weighted by Crippen LogP contribution is 2.32. The van der Waals surface area contributed by atoms with Crippen LogP contribution in [0.4, 0.5) is 0 Å². The highest BCUT2D eigenvalue weighted by Gasteiger charge is 2.43. The van der Waals surface area contributed by atoms with Crippen LogP contribution in [0.5, 0.6) is 0 Å². The molecule has 2 aliphatic heterocycles. The summed E-state index contributed by atoms with van der Waals surface area (Å²) < 4.78 is 9.69. The quantitative estimate of drug-likeness (QED) is 0.417. The Labute approximate surface area is 36.0 Å². The molecule has 1 atom stereocenters. The van der Waals surface area contributed by atoms with Crippen LogP contribution in [0, 0.1) is 6.10 Å². The maximum atomic E-state index is 4.87. The molecule has 0 bridgehead atoms. The molecule has 0 aromatic carbocycles. The molecule has 6 heavy (non-hydrogen) atoms. The Balaban J connectivity index is 1.92. The second-order valence-electron chi connectivity index (χ2n) is 1.58. The topological polar surface area (TPSA) is 25.1 Å². The standard InChI is InChI=1S/C4H5O2/c1-3(5-1)4-2-6-4/h3H,1-2H2. The van der Waals surface area contributed by atoms with E-state index in [1.54, 1.807) is 0 Å². The monoisotopic (exact) mass is 85.0 g/mol. The summed E-state index contributed by atoms with van der Waals surface area (Å²) in [6.07, 6.45) is 1.56. The van der Waals surface area contributed by atoms with E-state index >= 15 is 0 Å². The second-order valence-corrected chi connectivity index (χ2v) is 1.58. The lowest BCUT2D eigenvalue weighted by molar-refractivity contribution is 0.375. The molecule has 2 saturated heterocycles. The Morgan fingerprint density at radius 2 is 2.33 bits per heavy atom. The van der Waals surface area contributed by atoms with Crippen molar-refractivity contribution in [1.29, 1.82) is 0 Å². The third-order valence-electron chi connectivity index (χ3n) is 1.00. The Bertz CT molecular complexity index is 53.9. The lowest BCUT2D eigenvalue weighted by Crippen LogP contribution is -1.82. The molecule has 1 radical (unpaired) electrons. The molecule has 0 N–H and O–H groups in total. The highest BCUT2D eigenvalue weighted by atomic mass is 16.6. The van der Waals surface area contributed by atoms with Gasteiger partial charge in [0.1, 0.15) is 6.10 Å². The van der Waals surface area contributed by atoms with E-state index in [4.69, 9.17) is 9.47 Å². The van der Waals surface area contributed by atoms with Crippen LogP contribution in [0.15, 0.2) is 0 Å². The van der Waals surface area contributed by atoms with Crippen LogP contribution in [0.25, 0.3) is 0 Å². The van der Waals surface area contributed by atoms with E-state index in [-0.39, 0.29) is 0 Å². The molecule has 1 unspecified atom stereocenters. The second kappa shape index (κ2) is 0.768. The van der Waals surface area contributed by atoms with Crippen LogP contribution in [-0.2, 0) is 9.47 Å². The van der Waals surface area contributed by atoms with Crippen molar-refractivity contribution in [2.24, 2.45) is 0 Å². The first-order valence-corrected chi connectivity index (χ1v) is 2.07. The van der Waals surface area contributed by atoms with Crippen molar-refractivity contribution in [1.82, 2.24) is 0 Å². The van der Waals surface area contributed by atoms with Crippen molar-refractivity contribution in [3.63, 3.8) is 0 Å². The maximum Gasteiger partial charge on any atom is 0.153 e. The van der Waals surface area contributed by atoms with Crippen molar-refractivity contribution in [2.75, 3.05) is 13.2 Å². The molecule has 2 rings (SSSR count). The third kappa shape index (κ3) is 0.340. The van der Waals surface area contributed by atoms with Crippen LogP contribution in [0.2, 0.25) is 0 Å². The number of hydrogen-bond acceptors (Lipinski definition) is 2. The van der Waals surface area contributed by atoms with Gasteiger partial charge in [0.2, 0.25) is 0 Å². The predicted octanol–water partition coefficient (Wildman–Crippen LogP) is -0.0526. The normalized spacial score (nSPS) is 43.0. The number of ether oxygens (including phenoxy) is 2. The zero-order valence-corrected chi connectivity index (χ0v) is 3.31. The van der Waals surface area contributed by atoms with Gasteiger partial charge in [0.05, 0.1) is 13.2 Å². The number of hydrogen-bond donors (Lipinski definition) is 0. The van der Waals surface area contributed by atoms with Gasteiger partial charge in [0, 0.05) is 0 Å². The summed E-state index contributed by atoms with van der Waals surface area (Å²) in [7, 11) is 0. The minimum atomic E-state index is 0.407. The van der Waals surface area contributed by atoms with Crippen LogP contribution in [0.1, 0.15) is 0 Å². The van der Waals surface area contributed by atoms with Gasteiger partial charge in [-0.25, -0.2) is 0 Å². The molecular weight excluding hydrogens is 80.0 g/mol. The van der Waals surface area contributed by atoms with Crippen molar-refractivity contribution in [3.8, 4) is 0 Å². The summed E-state index contributed by atoms with van der Waals surface area (Å²) in [6, 6.07) is 0.